The molecule has 0 unspecified atom stereocenters. The molecule has 42 heavy (non-hydrogen) atoms. The average molecular weight is 628 g/mol. The lowest BCUT2D eigenvalue weighted by molar-refractivity contribution is -0.138. The zero-order valence-corrected chi connectivity index (χ0v) is 24.6. The van der Waals surface area contributed by atoms with Gasteiger partial charge in [0.1, 0.15) is 10.7 Å². The third kappa shape index (κ3) is 6.02. The second kappa shape index (κ2) is 12.1. The van der Waals surface area contributed by atoms with Gasteiger partial charge in [0.15, 0.2) is 0 Å². The Morgan fingerprint density at radius 3 is 2.67 bits per heavy atom. The first-order valence-electron chi connectivity index (χ1n) is 13.8. The number of benzene rings is 2. The second-order valence-corrected chi connectivity index (χ2v) is 13.1. The van der Waals surface area contributed by atoms with Crippen LogP contribution in [0.1, 0.15) is 36.6 Å². The fourth-order valence-electron chi connectivity index (χ4n) is 5.90. The number of carbonyl (C=O) groups excluding carboxylic acids is 1. The maximum Gasteiger partial charge on any atom is 0.416 e. The summed E-state index contributed by atoms with van der Waals surface area (Å²) in [5.41, 5.74) is 7.04. The summed E-state index contributed by atoms with van der Waals surface area (Å²) >= 11 is 6.03. The zero-order valence-electron chi connectivity index (χ0n) is 23.1. The molecule has 2 aromatic carbocycles. The smallest absolute Gasteiger partial charge is 0.385 e. The largest absolute Gasteiger partial charge is 0.416 e. The second-order valence-electron chi connectivity index (χ2n) is 10.8. The minimum absolute atomic E-state index is 0.0287. The number of nitrogens with zero attached hydrogens (tertiary/aromatic N) is 4. The molecule has 3 aromatic rings. The van der Waals surface area contributed by atoms with Crippen LogP contribution in [0.4, 0.5) is 13.2 Å². The molecule has 0 aliphatic carbocycles. The molecule has 5 rings (SSSR count). The molecular formula is C28H33ClF3N5O4S. The Labute approximate surface area is 247 Å². The third-order valence-electron chi connectivity index (χ3n) is 8.04. The number of methoxy groups -OCH3 is 1. The summed E-state index contributed by atoms with van der Waals surface area (Å²) < 4.78 is 75.0. The number of fused-ring (bicyclic) bond motifs is 1. The number of amides is 1. The zero-order chi connectivity index (χ0) is 30.2. The molecule has 0 saturated carbocycles. The maximum absolute atomic E-state index is 13.7. The molecule has 1 aromatic heterocycles. The van der Waals surface area contributed by atoms with Crippen molar-refractivity contribution >= 4 is 38.6 Å². The third-order valence-corrected chi connectivity index (χ3v) is 10.4. The highest BCUT2D eigenvalue weighted by Gasteiger charge is 2.44. The van der Waals surface area contributed by atoms with Crippen LogP contribution >= 0.6 is 11.6 Å². The first-order valence-corrected chi connectivity index (χ1v) is 15.6. The molecule has 0 spiro atoms. The Balaban J connectivity index is 1.34. The van der Waals surface area contributed by atoms with E-state index in [9.17, 15) is 26.4 Å². The van der Waals surface area contributed by atoms with E-state index in [0.29, 0.717) is 32.3 Å². The highest BCUT2D eigenvalue weighted by Crippen LogP contribution is 2.36. The normalized spacial score (nSPS) is 22.2. The summed E-state index contributed by atoms with van der Waals surface area (Å²) in [6.45, 7) is 1.76. The van der Waals surface area contributed by atoms with Crippen LogP contribution in [-0.4, -0.2) is 79.0 Å². The van der Waals surface area contributed by atoms with Gasteiger partial charge < -0.3 is 19.9 Å². The number of sulfonamides is 1. The topological polar surface area (TPSA) is 111 Å². The van der Waals surface area contributed by atoms with Crippen molar-refractivity contribution < 1.29 is 31.1 Å². The van der Waals surface area contributed by atoms with Crippen LogP contribution in [0.2, 0.25) is 5.02 Å². The summed E-state index contributed by atoms with van der Waals surface area (Å²) in [6.07, 6.45) is -2.37. The number of ether oxygens (including phenoxy) is 1. The number of nitrogens with two attached hydrogens (primary N) is 1. The maximum atomic E-state index is 13.7. The molecule has 2 aliphatic heterocycles. The van der Waals surface area contributed by atoms with Gasteiger partial charge in [0.05, 0.1) is 27.5 Å². The van der Waals surface area contributed by atoms with E-state index < -0.39 is 38.6 Å². The predicted octanol–water partition coefficient (Wildman–Crippen LogP) is 4.10. The van der Waals surface area contributed by atoms with Crippen LogP contribution in [0.15, 0.2) is 47.4 Å². The molecule has 228 valence electrons. The van der Waals surface area contributed by atoms with Crippen molar-refractivity contribution in [1.29, 1.82) is 0 Å². The summed E-state index contributed by atoms with van der Waals surface area (Å²) in [5.74, 6) is -0.256. The van der Waals surface area contributed by atoms with Gasteiger partial charge in [-0.25, -0.2) is 13.4 Å². The number of halogens is 4. The number of piperidine rings is 1. The van der Waals surface area contributed by atoms with E-state index in [1.54, 1.807) is 12.0 Å². The Hall–Kier alpha value is -2.71. The monoisotopic (exact) mass is 627 g/mol. The molecule has 0 bridgehead atoms. The fourth-order valence-corrected chi connectivity index (χ4v) is 7.90. The molecule has 14 heteroatoms. The number of rotatable bonds is 8. The molecule has 2 aliphatic rings. The number of alkyl halides is 3. The van der Waals surface area contributed by atoms with E-state index in [2.05, 4.69) is 4.57 Å². The van der Waals surface area contributed by atoms with Gasteiger partial charge in [-0.15, -0.1) is 0 Å². The number of carbonyl (C=O) groups is 1. The van der Waals surface area contributed by atoms with Crippen molar-refractivity contribution in [1.82, 2.24) is 18.8 Å². The van der Waals surface area contributed by atoms with Crippen LogP contribution < -0.4 is 5.73 Å². The van der Waals surface area contributed by atoms with Crippen LogP contribution in [0.3, 0.4) is 0 Å². The van der Waals surface area contributed by atoms with Gasteiger partial charge in [-0.2, -0.15) is 17.5 Å². The van der Waals surface area contributed by atoms with Gasteiger partial charge in [-0.3, -0.25) is 4.79 Å². The van der Waals surface area contributed by atoms with E-state index in [1.165, 1.54) is 0 Å². The number of hydrogen-bond donors (Lipinski definition) is 1. The van der Waals surface area contributed by atoms with Crippen molar-refractivity contribution in [2.24, 2.45) is 11.7 Å². The average Bonchev–Trinajstić information content (AvgIpc) is 3.53. The number of para-hydroxylation sites is 2. The number of aryl methyl sites for hydroxylation is 1. The first kappa shape index (κ1) is 30.7. The highest BCUT2D eigenvalue weighted by molar-refractivity contribution is 7.89. The van der Waals surface area contributed by atoms with Gasteiger partial charge in [-0.05, 0) is 49.6 Å². The van der Waals surface area contributed by atoms with Crippen molar-refractivity contribution in [2.75, 3.05) is 39.9 Å². The van der Waals surface area contributed by atoms with Crippen LogP contribution in [0, 0.1) is 5.92 Å². The summed E-state index contributed by atoms with van der Waals surface area (Å²) in [7, 11) is -2.78. The lowest BCUT2D eigenvalue weighted by atomic mass is 9.94. The molecule has 2 fully saturated rings. The Morgan fingerprint density at radius 2 is 1.93 bits per heavy atom. The van der Waals surface area contributed by atoms with Gasteiger partial charge >= 0.3 is 6.18 Å². The van der Waals surface area contributed by atoms with Crippen molar-refractivity contribution in [2.45, 2.75) is 48.8 Å². The van der Waals surface area contributed by atoms with Gasteiger partial charge in [0.25, 0.3) is 0 Å². The Bertz CT molecular complexity index is 1560. The summed E-state index contributed by atoms with van der Waals surface area (Å²) in [5, 5.41) is -0.335. The number of hydrogen-bond acceptors (Lipinski definition) is 6. The number of aromatic nitrogens is 2. The standard InChI is InChI=1S/C28H33ClF3N5O4S/c1-41-13-5-12-37-24-8-3-2-7-23(24)34-26(37)18-6-4-11-35(15-18)27(38)20-16-36(17-22(20)33)42(39,40)25-14-19(28(30,31)32)9-10-21(25)29/h2-3,7-10,14,18,20,22H,4-6,11-13,15-17,33H2,1H3/t18-,20-,22-/m1/s1. The molecule has 2 N–H and O–H groups in total. The summed E-state index contributed by atoms with van der Waals surface area (Å²) in [6, 6.07) is 9.21. The molecule has 2 saturated heterocycles. The lowest BCUT2D eigenvalue weighted by Crippen LogP contribution is -2.47. The molecule has 3 atom stereocenters. The van der Waals surface area contributed by atoms with Gasteiger partial charge in [0.2, 0.25) is 15.9 Å². The van der Waals surface area contributed by atoms with E-state index in [-0.39, 0.29) is 29.9 Å². The van der Waals surface area contributed by atoms with Gasteiger partial charge in [-0.1, -0.05) is 23.7 Å². The summed E-state index contributed by atoms with van der Waals surface area (Å²) in [4.78, 5) is 19.7. The quantitative estimate of drug-likeness (QED) is 0.377. The van der Waals surface area contributed by atoms with E-state index in [1.807, 2.05) is 24.3 Å². The minimum atomic E-state index is -4.75. The molecular weight excluding hydrogens is 595 g/mol. The first-order chi connectivity index (χ1) is 19.9. The molecule has 1 amide bonds. The molecule has 9 nitrogen and oxygen atoms in total. The lowest BCUT2D eigenvalue weighted by Gasteiger charge is -2.35. The SMILES string of the molecule is COCCCn1c([C@@H]2CCCN(C(=O)[C@@H]3CN(S(=O)(=O)c4cc(C(F)(F)F)ccc4Cl)C[C@H]3N)C2)nc2ccccc21. The van der Waals surface area contributed by atoms with E-state index in [4.69, 9.17) is 27.1 Å². The van der Waals surface area contributed by atoms with Crippen LogP contribution in [-0.2, 0) is 32.3 Å². The van der Waals surface area contributed by atoms with Crippen molar-refractivity contribution in [3.63, 3.8) is 0 Å². The van der Waals surface area contributed by atoms with E-state index in [0.717, 1.165) is 52.6 Å². The number of imidazole rings is 1. The minimum Gasteiger partial charge on any atom is -0.385 e. The molecule has 3 heterocycles. The van der Waals surface area contributed by atoms with Crippen LogP contribution in [0.5, 0.6) is 0 Å². The van der Waals surface area contributed by atoms with Crippen molar-refractivity contribution in [3.05, 3.63) is 58.9 Å². The van der Waals surface area contributed by atoms with Gasteiger partial charge in [0, 0.05) is 58.4 Å². The predicted molar refractivity (Wildman–Crippen MR) is 151 cm³/mol. The number of likely N-dealkylation sites (tertiary alicyclic amines) is 1. The van der Waals surface area contributed by atoms with E-state index >= 15 is 0 Å². The molecule has 0 radical (unpaired) electrons. The Kier molecular flexibility index (Phi) is 8.87. The fraction of sp³-hybridized carbons (Fsp3) is 0.500. The highest BCUT2D eigenvalue weighted by atomic mass is 35.5. The van der Waals surface area contributed by atoms with Crippen LogP contribution in [0.25, 0.3) is 11.0 Å². The Morgan fingerprint density at radius 1 is 1.17 bits per heavy atom. The van der Waals surface area contributed by atoms with Crippen molar-refractivity contribution in [3.8, 4) is 0 Å².